The lowest BCUT2D eigenvalue weighted by atomic mass is 10.0. The fourth-order valence-electron chi connectivity index (χ4n) is 4.01. The van der Waals surface area contributed by atoms with Gasteiger partial charge in [-0.05, 0) is 48.7 Å². The van der Waals surface area contributed by atoms with Gasteiger partial charge in [-0.1, -0.05) is 26.0 Å². The van der Waals surface area contributed by atoms with Gasteiger partial charge in [0.2, 0.25) is 5.91 Å². The van der Waals surface area contributed by atoms with Crippen molar-refractivity contribution in [1.29, 1.82) is 0 Å². The summed E-state index contributed by atoms with van der Waals surface area (Å²) in [6.07, 6.45) is 6.12. The Bertz CT molecular complexity index is 1140. The Hall–Kier alpha value is -3.87. The molecule has 5 N–H and O–H groups in total. The summed E-state index contributed by atoms with van der Waals surface area (Å²) >= 11 is 0. The van der Waals surface area contributed by atoms with Crippen molar-refractivity contribution in [2.45, 2.75) is 51.8 Å². The van der Waals surface area contributed by atoms with E-state index in [-0.39, 0.29) is 35.6 Å². The molecule has 204 valence electrons. The van der Waals surface area contributed by atoms with Gasteiger partial charge in [-0.3, -0.25) is 14.4 Å². The summed E-state index contributed by atoms with van der Waals surface area (Å²) in [5, 5.41) is 16.7. The number of terminal acetylenes is 1. The van der Waals surface area contributed by atoms with Crippen molar-refractivity contribution in [1.82, 2.24) is 15.5 Å². The van der Waals surface area contributed by atoms with Crippen LogP contribution in [0.5, 0.6) is 5.75 Å². The van der Waals surface area contributed by atoms with Crippen LogP contribution in [0.15, 0.2) is 42.5 Å². The van der Waals surface area contributed by atoms with Crippen LogP contribution >= 0.6 is 0 Å². The third-order valence-corrected chi connectivity index (χ3v) is 5.94. The van der Waals surface area contributed by atoms with Gasteiger partial charge in [0.1, 0.15) is 5.75 Å². The van der Waals surface area contributed by atoms with Gasteiger partial charge in [0.05, 0.1) is 19.3 Å². The van der Waals surface area contributed by atoms with Crippen molar-refractivity contribution in [3.63, 3.8) is 0 Å². The maximum absolute atomic E-state index is 13.2. The maximum Gasteiger partial charge on any atom is 0.253 e. The largest absolute Gasteiger partial charge is 0.497 e. The van der Waals surface area contributed by atoms with E-state index in [9.17, 15) is 19.5 Å². The van der Waals surface area contributed by atoms with Crippen LogP contribution in [0.3, 0.4) is 0 Å². The summed E-state index contributed by atoms with van der Waals surface area (Å²) < 4.78 is 5.22. The molecule has 0 aliphatic rings. The van der Waals surface area contributed by atoms with E-state index < -0.39 is 24.0 Å². The molecule has 0 aliphatic carbocycles. The van der Waals surface area contributed by atoms with E-state index in [2.05, 4.69) is 16.6 Å². The number of aliphatic hydroxyl groups excluding tert-OH is 1. The number of rotatable bonds is 15. The summed E-state index contributed by atoms with van der Waals surface area (Å²) in [4.78, 5) is 40.0. The van der Waals surface area contributed by atoms with Crippen molar-refractivity contribution < 1.29 is 24.2 Å². The predicted molar refractivity (Wildman–Crippen MR) is 147 cm³/mol. The van der Waals surface area contributed by atoms with Gasteiger partial charge in [-0.15, -0.1) is 12.3 Å². The normalized spacial score (nSPS) is 12.2. The summed E-state index contributed by atoms with van der Waals surface area (Å²) in [5.74, 6) is 1.59. The van der Waals surface area contributed by atoms with E-state index >= 15 is 0 Å². The molecule has 2 aromatic rings. The number of nitrogens with one attached hydrogen (secondary N) is 2. The molecule has 3 amide bonds. The highest BCUT2D eigenvalue weighted by Gasteiger charge is 2.23. The van der Waals surface area contributed by atoms with E-state index in [1.54, 1.807) is 12.0 Å². The molecule has 0 bridgehead atoms. The topological polar surface area (TPSA) is 134 Å². The molecule has 0 saturated carbocycles. The molecule has 9 nitrogen and oxygen atoms in total. The molecule has 9 heteroatoms. The standard InChI is InChI=1S/C29H38N4O5/c1-5-9-25(26(34)19-31-18-20-10-8-11-24(14-20)38-4)32-28(36)22-15-21(27(30)35)16-23(17-22)29(37)33(12-6-2)13-7-3/h1,8,10-11,14-17,25-26,31,34H,6-7,9,12-13,18-19H2,2-4H3,(H2,30,35)(H,32,36)/t25-,26?/m0/s1. The Morgan fingerprint density at radius 3 is 2.34 bits per heavy atom. The molecule has 0 radical (unpaired) electrons. The maximum atomic E-state index is 13.2. The van der Waals surface area contributed by atoms with E-state index in [4.69, 9.17) is 16.9 Å². The lowest BCUT2D eigenvalue weighted by Gasteiger charge is -2.24. The smallest absolute Gasteiger partial charge is 0.253 e. The van der Waals surface area contributed by atoms with Gasteiger partial charge in [-0.2, -0.15) is 0 Å². The third-order valence-electron chi connectivity index (χ3n) is 5.94. The molecule has 2 rings (SSSR count). The third kappa shape index (κ3) is 8.91. The van der Waals surface area contributed by atoms with Crippen molar-refractivity contribution in [3.05, 3.63) is 64.7 Å². The second-order valence-electron chi connectivity index (χ2n) is 8.99. The van der Waals surface area contributed by atoms with E-state index in [0.717, 1.165) is 24.2 Å². The molecule has 0 aliphatic heterocycles. The highest BCUT2D eigenvalue weighted by atomic mass is 16.5. The Morgan fingerprint density at radius 1 is 1.08 bits per heavy atom. The Kier molecular flexibility index (Phi) is 12.3. The number of carbonyl (C=O) groups is 3. The highest BCUT2D eigenvalue weighted by Crippen LogP contribution is 2.15. The highest BCUT2D eigenvalue weighted by molar-refractivity contribution is 6.04. The zero-order valence-electron chi connectivity index (χ0n) is 22.3. The number of amides is 3. The van der Waals surface area contributed by atoms with E-state index in [1.807, 2.05) is 38.1 Å². The minimum absolute atomic E-state index is 0.0444. The average molecular weight is 523 g/mol. The summed E-state index contributed by atoms with van der Waals surface area (Å²) in [7, 11) is 1.59. The molecule has 0 spiro atoms. The molecule has 0 saturated heterocycles. The first-order valence-electron chi connectivity index (χ1n) is 12.7. The Balaban J connectivity index is 2.17. The molecule has 1 unspecified atom stereocenters. The monoisotopic (exact) mass is 522 g/mol. The van der Waals surface area contributed by atoms with Gasteiger partial charge in [0.25, 0.3) is 11.8 Å². The molecule has 2 aromatic carbocycles. The number of methoxy groups -OCH3 is 1. The number of primary amides is 1. The second-order valence-corrected chi connectivity index (χ2v) is 8.99. The molecule has 0 heterocycles. The molecule has 0 fully saturated rings. The SMILES string of the molecule is C#CC[C@H](NC(=O)c1cc(C(N)=O)cc(C(=O)N(CCC)CCC)c1)C(O)CNCc1cccc(OC)c1. The Morgan fingerprint density at radius 2 is 1.74 bits per heavy atom. The fourth-order valence-corrected chi connectivity index (χ4v) is 4.01. The van der Waals surface area contributed by atoms with Gasteiger partial charge < -0.3 is 31.1 Å². The number of hydrogen-bond acceptors (Lipinski definition) is 6. The number of hydrogen-bond donors (Lipinski definition) is 4. The van der Waals surface area contributed by atoms with Crippen LogP contribution in [0.1, 0.15) is 69.7 Å². The van der Waals surface area contributed by atoms with Crippen molar-refractivity contribution in [2.75, 3.05) is 26.7 Å². The van der Waals surface area contributed by atoms with Crippen LogP contribution in [0.25, 0.3) is 0 Å². The van der Waals surface area contributed by atoms with Gasteiger partial charge in [0.15, 0.2) is 0 Å². The predicted octanol–water partition coefficient (Wildman–Crippen LogP) is 2.33. The average Bonchev–Trinajstić information content (AvgIpc) is 2.92. The van der Waals surface area contributed by atoms with Crippen LogP contribution in [0.4, 0.5) is 0 Å². The first-order valence-corrected chi connectivity index (χ1v) is 12.7. The zero-order valence-corrected chi connectivity index (χ0v) is 22.3. The first-order chi connectivity index (χ1) is 18.2. The molecular weight excluding hydrogens is 484 g/mol. The van der Waals surface area contributed by atoms with E-state index in [1.165, 1.54) is 18.2 Å². The van der Waals surface area contributed by atoms with Gasteiger partial charge in [-0.25, -0.2) is 0 Å². The summed E-state index contributed by atoms with van der Waals surface area (Å²) in [6.45, 7) is 5.68. The first kappa shape index (κ1) is 30.4. The zero-order chi connectivity index (χ0) is 28.1. The molecule has 0 aromatic heterocycles. The number of carbonyl (C=O) groups excluding carboxylic acids is 3. The molecular formula is C29H38N4O5. The summed E-state index contributed by atoms with van der Waals surface area (Å²) in [5.41, 5.74) is 6.77. The summed E-state index contributed by atoms with van der Waals surface area (Å²) in [6, 6.07) is 10.9. The number of ether oxygens (including phenoxy) is 1. The number of nitrogens with zero attached hydrogens (tertiary/aromatic N) is 1. The Labute approximate surface area is 224 Å². The minimum atomic E-state index is -0.995. The number of benzene rings is 2. The quantitative estimate of drug-likeness (QED) is 0.265. The van der Waals surface area contributed by atoms with Crippen molar-refractivity contribution >= 4 is 17.7 Å². The minimum Gasteiger partial charge on any atom is -0.497 e. The molecule has 38 heavy (non-hydrogen) atoms. The van der Waals surface area contributed by atoms with Crippen molar-refractivity contribution in [3.8, 4) is 18.1 Å². The van der Waals surface area contributed by atoms with Crippen LogP contribution in [0.2, 0.25) is 0 Å². The van der Waals surface area contributed by atoms with Gasteiger partial charge >= 0.3 is 0 Å². The van der Waals surface area contributed by atoms with Crippen molar-refractivity contribution in [2.24, 2.45) is 5.73 Å². The van der Waals surface area contributed by atoms with Crippen LogP contribution in [-0.4, -0.2) is 66.6 Å². The lowest BCUT2D eigenvalue weighted by Crippen LogP contribution is -2.47. The van der Waals surface area contributed by atoms with Crippen LogP contribution in [0, 0.1) is 12.3 Å². The molecule has 2 atom stereocenters. The van der Waals surface area contributed by atoms with Crippen LogP contribution < -0.4 is 21.1 Å². The van der Waals surface area contributed by atoms with Crippen LogP contribution in [-0.2, 0) is 6.54 Å². The fraction of sp³-hybridized carbons (Fsp3) is 0.414. The van der Waals surface area contributed by atoms with E-state index in [0.29, 0.717) is 19.6 Å². The lowest BCUT2D eigenvalue weighted by molar-refractivity contribution is 0.0755. The number of aliphatic hydroxyl groups is 1. The second kappa shape index (κ2) is 15.4. The number of nitrogens with two attached hydrogens (primary N) is 1. The van der Waals surface area contributed by atoms with Gasteiger partial charge in [0, 0.05) is 49.3 Å².